The molecule has 0 atom stereocenters. The van der Waals surface area contributed by atoms with Crippen LogP contribution in [0.2, 0.25) is 0 Å². The largest absolute Gasteiger partial charge is 0.747 e. The van der Waals surface area contributed by atoms with Crippen LogP contribution in [-0.4, -0.2) is 48.0 Å². The van der Waals surface area contributed by atoms with E-state index in [0.717, 1.165) is 38.2 Å². The van der Waals surface area contributed by atoms with Gasteiger partial charge in [-0.15, -0.1) is 0 Å². The Labute approximate surface area is 270 Å². The van der Waals surface area contributed by atoms with Gasteiger partial charge in [0.25, 0.3) is 0 Å². The van der Waals surface area contributed by atoms with E-state index in [0.29, 0.717) is 22.8 Å². The quantitative estimate of drug-likeness (QED) is 0.126. The van der Waals surface area contributed by atoms with E-state index in [2.05, 4.69) is 0 Å². The van der Waals surface area contributed by atoms with Crippen LogP contribution in [0.3, 0.4) is 0 Å². The Bertz CT molecular complexity index is 2280. The Hall–Kier alpha value is -4.09. The van der Waals surface area contributed by atoms with Gasteiger partial charge in [0.2, 0.25) is 11.6 Å². The maximum atomic E-state index is 12.0. The van der Waals surface area contributed by atoms with Gasteiger partial charge in [0, 0.05) is 34.5 Å². The van der Waals surface area contributed by atoms with Crippen molar-refractivity contribution in [2.75, 3.05) is 16.7 Å². The SMILES string of the molecule is CC(C=CC1=[N+](CS(=O)(=O)[O-])c2ccc3ccccc3c2C1(C)C)=CC=C1N(CS(=O)(=O)[O-])c2ccc3ccccc3c2C1(C)C. The lowest BCUT2D eigenvalue weighted by atomic mass is 9.79. The molecule has 0 unspecified atom stereocenters. The molecule has 2 heterocycles. The minimum atomic E-state index is -4.61. The van der Waals surface area contributed by atoms with Crippen molar-refractivity contribution in [1.29, 1.82) is 0 Å². The molecule has 46 heavy (non-hydrogen) atoms. The van der Waals surface area contributed by atoms with Crippen molar-refractivity contribution in [2.45, 2.75) is 45.4 Å². The molecule has 0 spiro atoms. The molecule has 0 aromatic heterocycles. The molecule has 0 radical (unpaired) electrons. The second kappa shape index (κ2) is 11.0. The van der Waals surface area contributed by atoms with E-state index in [1.165, 1.54) is 0 Å². The normalized spacial score (nSPS) is 18.7. The average molecular weight is 656 g/mol. The van der Waals surface area contributed by atoms with Gasteiger partial charge in [0.15, 0.2) is 15.8 Å². The summed E-state index contributed by atoms with van der Waals surface area (Å²) in [5.41, 5.74) is 4.14. The molecule has 2 aliphatic heterocycles. The van der Waals surface area contributed by atoms with Gasteiger partial charge >= 0.3 is 0 Å². The molecule has 4 aromatic rings. The fourth-order valence-electron chi connectivity index (χ4n) is 7.14. The van der Waals surface area contributed by atoms with Crippen LogP contribution in [0.15, 0.2) is 108 Å². The third-order valence-corrected chi connectivity index (χ3v) is 10.2. The Kier molecular flexibility index (Phi) is 7.63. The molecule has 0 N–H and O–H groups in total. The minimum Gasteiger partial charge on any atom is -0.747 e. The number of allylic oxidation sites excluding steroid dienone is 6. The van der Waals surface area contributed by atoms with Crippen molar-refractivity contribution in [3.8, 4) is 0 Å². The zero-order valence-corrected chi connectivity index (χ0v) is 27.9. The summed E-state index contributed by atoms with van der Waals surface area (Å²) >= 11 is 0. The van der Waals surface area contributed by atoms with E-state index in [4.69, 9.17) is 0 Å². The number of rotatable bonds is 7. The number of hydrogen-bond acceptors (Lipinski definition) is 7. The predicted molar refractivity (Wildman–Crippen MR) is 181 cm³/mol. The van der Waals surface area contributed by atoms with Crippen LogP contribution < -0.4 is 4.90 Å². The Balaban J connectivity index is 1.44. The highest BCUT2D eigenvalue weighted by Crippen LogP contribution is 2.51. The van der Waals surface area contributed by atoms with E-state index in [-0.39, 0.29) is 0 Å². The van der Waals surface area contributed by atoms with Crippen molar-refractivity contribution in [3.63, 3.8) is 0 Å². The van der Waals surface area contributed by atoms with Crippen molar-refractivity contribution >= 4 is 58.9 Å². The fourth-order valence-corrected chi connectivity index (χ4v) is 8.33. The second-order valence-electron chi connectivity index (χ2n) is 13.0. The van der Waals surface area contributed by atoms with E-state index >= 15 is 0 Å². The predicted octanol–water partition coefficient (Wildman–Crippen LogP) is 6.56. The van der Waals surface area contributed by atoms with Gasteiger partial charge in [0.1, 0.15) is 16.0 Å². The molecule has 8 nitrogen and oxygen atoms in total. The number of fused-ring (bicyclic) bond motifs is 6. The first-order valence-electron chi connectivity index (χ1n) is 14.9. The molecule has 0 saturated carbocycles. The van der Waals surface area contributed by atoms with Crippen LogP contribution in [0.1, 0.15) is 45.7 Å². The second-order valence-corrected chi connectivity index (χ2v) is 15.8. The number of nitrogens with zero attached hydrogens (tertiary/aromatic N) is 2. The summed E-state index contributed by atoms with van der Waals surface area (Å²) in [4.78, 5) is 1.58. The summed E-state index contributed by atoms with van der Waals surface area (Å²) in [6.45, 7) is 9.94. The van der Waals surface area contributed by atoms with Crippen LogP contribution in [0, 0.1) is 0 Å². The van der Waals surface area contributed by atoms with Gasteiger partial charge in [-0.3, -0.25) is 0 Å². The zero-order valence-electron chi connectivity index (χ0n) is 26.3. The van der Waals surface area contributed by atoms with E-state index in [1.54, 1.807) is 9.48 Å². The van der Waals surface area contributed by atoms with Crippen LogP contribution in [-0.2, 0) is 31.1 Å². The highest BCUT2D eigenvalue weighted by atomic mass is 32.2. The van der Waals surface area contributed by atoms with Crippen LogP contribution >= 0.6 is 0 Å². The molecule has 10 heteroatoms. The Morgan fingerprint density at radius 2 is 1.37 bits per heavy atom. The zero-order chi connectivity index (χ0) is 33.2. The molecule has 0 aliphatic carbocycles. The fraction of sp³-hybridized carbons (Fsp3) is 0.250. The third kappa shape index (κ3) is 5.60. The molecule has 4 aromatic carbocycles. The van der Waals surface area contributed by atoms with Crippen molar-refractivity contribution in [2.24, 2.45) is 0 Å². The summed E-state index contributed by atoms with van der Waals surface area (Å²) in [7, 11) is -9.21. The molecule has 238 valence electrons. The highest BCUT2D eigenvalue weighted by molar-refractivity contribution is 7.85. The van der Waals surface area contributed by atoms with Crippen molar-refractivity contribution in [1.82, 2.24) is 0 Å². The Morgan fingerprint density at radius 3 is 1.98 bits per heavy atom. The first-order chi connectivity index (χ1) is 21.5. The van der Waals surface area contributed by atoms with Gasteiger partial charge in [-0.1, -0.05) is 86.2 Å². The van der Waals surface area contributed by atoms with Crippen molar-refractivity contribution in [3.05, 3.63) is 119 Å². The maximum Gasteiger partial charge on any atom is 0.237 e. The summed E-state index contributed by atoms with van der Waals surface area (Å²) in [5.74, 6) is -1.40. The highest BCUT2D eigenvalue weighted by Gasteiger charge is 2.46. The molecule has 0 saturated heterocycles. The average Bonchev–Trinajstić information content (AvgIpc) is 3.31. The van der Waals surface area contributed by atoms with Gasteiger partial charge in [0.05, 0.1) is 5.41 Å². The molecule has 0 amide bonds. The van der Waals surface area contributed by atoms with Gasteiger partial charge in [-0.05, 0) is 66.1 Å². The first kappa shape index (κ1) is 31.9. The summed E-state index contributed by atoms with van der Waals surface area (Å²) in [5, 5.41) is 4.01. The molecule has 2 aliphatic rings. The van der Waals surface area contributed by atoms with Crippen LogP contribution in [0.5, 0.6) is 0 Å². The minimum absolute atomic E-state index is 0.619. The van der Waals surface area contributed by atoms with E-state index in [9.17, 15) is 25.9 Å². The summed E-state index contributed by atoms with van der Waals surface area (Å²) in [6, 6.07) is 23.4. The van der Waals surface area contributed by atoms with E-state index in [1.807, 2.05) is 132 Å². The molecule has 0 fully saturated rings. The molecule has 0 bridgehead atoms. The number of hydrogen-bond donors (Lipinski definition) is 0. The molecular formula is C36H35N2O6S2-. The lowest BCUT2D eigenvalue weighted by Gasteiger charge is -2.27. The molecule has 6 rings (SSSR count). The topological polar surface area (TPSA) is 121 Å². The van der Waals surface area contributed by atoms with Crippen molar-refractivity contribution < 1.29 is 30.5 Å². The first-order valence-corrected chi connectivity index (χ1v) is 18.1. The summed E-state index contributed by atoms with van der Waals surface area (Å²) < 4.78 is 73.9. The van der Waals surface area contributed by atoms with Crippen LogP contribution in [0.4, 0.5) is 11.4 Å². The van der Waals surface area contributed by atoms with Crippen LogP contribution in [0.25, 0.3) is 21.5 Å². The Morgan fingerprint density at radius 1 is 0.783 bits per heavy atom. The molecular weight excluding hydrogens is 621 g/mol. The summed E-state index contributed by atoms with van der Waals surface area (Å²) in [6.07, 6.45) is 7.38. The standard InChI is InChI=1S/C36H36N2O6S2/c1-24(14-20-31-35(2,3)33-27-12-8-6-10-25(27)16-18-29(33)37(31)22-45(39,40)41)15-21-32-36(4,5)34-28-13-9-7-11-26(28)17-19-30(34)38(32)23-46(42,43)44/h6-21H,22-23H2,1-5H3,(H-,39,40,41,42,43,44)/p-1. The van der Waals surface area contributed by atoms with Gasteiger partial charge < -0.3 is 14.0 Å². The van der Waals surface area contributed by atoms with Gasteiger partial charge in [-0.25, -0.2) is 16.8 Å². The monoisotopic (exact) mass is 655 g/mol. The van der Waals surface area contributed by atoms with E-state index < -0.39 is 42.8 Å². The van der Waals surface area contributed by atoms with Gasteiger partial charge in [-0.2, -0.15) is 4.58 Å². The lowest BCUT2D eigenvalue weighted by Crippen LogP contribution is -2.30. The third-order valence-electron chi connectivity index (χ3n) is 9.09. The number of anilines is 1. The maximum absolute atomic E-state index is 12.0. The lowest BCUT2D eigenvalue weighted by molar-refractivity contribution is -0.416. The number of benzene rings is 4. The smallest absolute Gasteiger partial charge is 0.237 e.